The first-order chi connectivity index (χ1) is 12.0. The highest BCUT2D eigenvalue weighted by atomic mass is 35.5. The average molecular weight is 377 g/mol. The monoisotopic (exact) mass is 376 g/mol. The number of hydrogen-bond acceptors (Lipinski definition) is 5. The zero-order chi connectivity index (χ0) is 17.8. The van der Waals surface area contributed by atoms with Crippen molar-refractivity contribution in [1.82, 2.24) is 9.97 Å². The van der Waals surface area contributed by atoms with Gasteiger partial charge >= 0.3 is 0 Å². The normalized spacial score (nSPS) is 10.5. The van der Waals surface area contributed by atoms with Gasteiger partial charge in [-0.05, 0) is 37.3 Å². The predicted octanol–water partition coefficient (Wildman–Crippen LogP) is 4.55. The second kappa shape index (κ2) is 7.55. The molecule has 0 spiro atoms. The molecule has 3 aromatic rings. The molecule has 25 heavy (non-hydrogen) atoms. The minimum atomic E-state index is -0.393. The van der Waals surface area contributed by atoms with Gasteiger partial charge in [0, 0.05) is 11.1 Å². The quantitative estimate of drug-likeness (QED) is 0.682. The molecule has 2 heterocycles. The average Bonchev–Trinajstić information content (AvgIpc) is 3.08. The van der Waals surface area contributed by atoms with Gasteiger partial charge in [0.1, 0.15) is 23.1 Å². The summed E-state index contributed by atoms with van der Waals surface area (Å²) in [7, 11) is 0. The summed E-state index contributed by atoms with van der Waals surface area (Å²) in [5, 5.41) is 6.65. The van der Waals surface area contributed by atoms with Gasteiger partial charge in [-0.25, -0.2) is 9.97 Å². The Balaban J connectivity index is 1.75. The number of nitrogens with zero attached hydrogens (tertiary/aromatic N) is 2. The van der Waals surface area contributed by atoms with Crippen molar-refractivity contribution in [1.29, 1.82) is 0 Å². The predicted molar refractivity (Wildman–Crippen MR) is 97.2 cm³/mol. The number of aromatic nitrogens is 2. The minimum absolute atomic E-state index is 0.223. The second-order valence-corrected chi connectivity index (χ2v) is 6.04. The lowest BCUT2D eigenvalue weighted by atomic mass is 10.3. The molecule has 1 amide bonds. The zero-order valence-corrected chi connectivity index (χ0v) is 14.7. The molecule has 0 fully saturated rings. The van der Waals surface area contributed by atoms with Crippen LogP contribution in [-0.4, -0.2) is 15.9 Å². The van der Waals surface area contributed by atoms with Crippen molar-refractivity contribution in [2.75, 3.05) is 10.6 Å². The number of carbonyl (C=O) groups excluding carboxylic acids is 1. The van der Waals surface area contributed by atoms with Gasteiger partial charge in [0.2, 0.25) is 0 Å². The SMILES string of the molecule is Cc1nc(NCc2ccco2)cc(C(=O)Nc2ccc(Cl)cc2Cl)n1. The summed E-state index contributed by atoms with van der Waals surface area (Å²) >= 11 is 11.9. The zero-order valence-electron chi connectivity index (χ0n) is 13.2. The van der Waals surface area contributed by atoms with Gasteiger partial charge in [-0.3, -0.25) is 4.79 Å². The molecule has 1 aromatic carbocycles. The highest BCUT2D eigenvalue weighted by Crippen LogP contribution is 2.25. The van der Waals surface area contributed by atoms with Crippen molar-refractivity contribution in [3.63, 3.8) is 0 Å². The summed E-state index contributed by atoms with van der Waals surface area (Å²) < 4.78 is 5.25. The van der Waals surface area contributed by atoms with E-state index in [-0.39, 0.29) is 5.69 Å². The van der Waals surface area contributed by atoms with E-state index in [0.29, 0.717) is 33.9 Å². The Labute approximate surface area is 154 Å². The number of rotatable bonds is 5. The van der Waals surface area contributed by atoms with Crippen LogP contribution in [0.25, 0.3) is 0 Å². The molecule has 0 aliphatic carbocycles. The van der Waals surface area contributed by atoms with E-state index in [1.807, 2.05) is 6.07 Å². The standard InChI is InChI=1S/C17H14Cl2N4O2/c1-10-21-15(8-16(22-10)20-9-12-3-2-6-25-12)17(24)23-14-5-4-11(18)7-13(14)19/h2-8H,9H2,1H3,(H,23,24)(H,20,21,22). The first-order valence-electron chi connectivity index (χ1n) is 7.39. The summed E-state index contributed by atoms with van der Waals surface area (Å²) in [6.07, 6.45) is 1.59. The van der Waals surface area contributed by atoms with Gasteiger partial charge in [0.15, 0.2) is 0 Å². The summed E-state index contributed by atoms with van der Waals surface area (Å²) in [6.45, 7) is 2.16. The van der Waals surface area contributed by atoms with Crippen LogP contribution in [0.1, 0.15) is 22.1 Å². The van der Waals surface area contributed by atoms with Crippen LogP contribution in [0.4, 0.5) is 11.5 Å². The van der Waals surface area contributed by atoms with Crippen LogP contribution in [0.3, 0.4) is 0 Å². The lowest BCUT2D eigenvalue weighted by Crippen LogP contribution is -2.16. The summed E-state index contributed by atoms with van der Waals surface area (Å²) in [5.41, 5.74) is 0.679. The Hall–Kier alpha value is -2.57. The lowest BCUT2D eigenvalue weighted by Gasteiger charge is -2.09. The Morgan fingerprint density at radius 1 is 1.20 bits per heavy atom. The van der Waals surface area contributed by atoms with E-state index >= 15 is 0 Å². The fourth-order valence-electron chi connectivity index (χ4n) is 2.14. The number of benzene rings is 1. The molecule has 0 bridgehead atoms. The number of carbonyl (C=O) groups is 1. The molecule has 0 saturated carbocycles. The van der Waals surface area contributed by atoms with Crippen LogP contribution >= 0.6 is 23.2 Å². The first-order valence-corrected chi connectivity index (χ1v) is 8.15. The van der Waals surface area contributed by atoms with Gasteiger partial charge in [-0.1, -0.05) is 23.2 Å². The third kappa shape index (κ3) is 4.49. The smallest absolute Gasteiger partial charge is 0.274 e. The second-order valence-electron chi connectivity index (χ2n) is 5.20. The molecule has 0 atom stereocenters. The van der Waals surface area contributed by atoms with Crippen LogP contribution < -0.4 is 10.6 Å². The number of nitrogens with one attached hydrogen (secondary N) is 2. The fraction of sp³-hybridized carbons (Fsp3) is 0.118. The molecule has 3 rings (SSSR count). The van der Waals surface area contributed by atoms with Gasteiger partial charge in [0.05, 0.1) is 23.5 Å². The molecule has 0 aliphatic heterocycles. The van der Waals surface area contributed by atoms with Crippen LogP contribution in [0.5, 0.6) is 0 Å². The van der Waals surface area contributed by atoms with Crippen molar-refractivity contribution in [2.24, 2.45) is 0 Å². The van der Waals surface area contributed by atoms with E-state index in [0.717, 1.165) is 5.76 Å². The Morgan fingerprint density at radius 3 is 2.76 bits per heavy atom. The van der Waals surface area contributed by atoms with Crippen LogP contribution in [-0.2, 0) is 6.54 Å². The Bertz CT molecular complexity index is 898. The van der Waals surface area contributed by atoms with E-state index in [4.69, 9.17) is 27.6 Å². The maximum Gasteiger partial charge on any atom is 0.274 e. The van der Waals surface area contributed by atoms with Crippen molar-refractivity contribution in [3.05, 3.63) is 70.0 Å². The van der Waals surface area contributed by atoms with Gasteiger partial charge < -0.3 is 15.1 Å². The Morgan fingerprint density at radius 2 is 2.04 bits per heavy atom. The summed E-state index contributed by atoms with van der Waals surface area (Å²) in [5.74, 6) is 1.36. The van der Waals surface area contributed by atoms with E-state index in [2.05, 4.69) is 20.6 Å². The maximum atomic E-state index is 12.4. The molecule has 6 nitrogen and oxygen atoms in total. The van der Waals surface area contributed by atoms with Gasteiger partial charge in [0.25, 0.3) is 5.91 Å². The molecular formula is C17H14Cl2N4O2. The van der Waals surface area contributed by atoms with Crippen molar-refractivity contribution in [2.45, 2.75) is 13.5 Å². The van der Waals surface area contributed by atoms with Crippen LogP contribution in [0.15, 0.2) is 47.1 Å². The molecule has 0 unspecified atom stereocenters. The number of amides is 1. The maximum absolute atomic E-state index is 12.4. The number of aryl methyl sites for hydroxylation is 1. The largest absolute Gasteiger partial charge is 0.467 e. The Kier molecular flexibility index (Phi) is 5.21. The minimum Gasteiger partial charge on any atom is -0.467 e. The van der Waals surface area contributed by atoms with E-state index < -0.39 is 5.91 Å². The molecule has 0 saturated heterocycles. The van der Waals surface area contributed by atoms with Gasteiger partial charge in [-0.2, -0.15) is 0 Å². The van der Waals surface area contributed by atoms with Crippen LogP contribution in [0.2, 0.25) is 10.0 Å². The molecule has 0 aliphatic rings. The molecular weight excluding hydrogens is 363 g/mol. The molecule has 2 N–H and O–H groups in total. The van der Waals surface area contributed by atoms with E-state index in [1.165, 1.54) is 0 Å². The number of furan rings is 1. The molecule has 128 valence electrons. The summed E-state index contributed by atoms with van der Waals surface area (Å²) in [6, 6.07) is 10.0. The fourth-order valence-corrected chi connectivity index (χ4v) is 2.60. The summed E-state index contributed by atoms with van der Waals surface area (Å²) in [4.78, 5) is 20.9. The topological polar surface area (TPSA) is 80.0 Å². The van der Waals surface area contributed by atoms with Crippen molar-refractivity contribution >= 4 is 40.6 Å². The number of anilines is 2. The van der Waals surface area contributed by atoms with Crippen LogP contribution in [0, 0.1) is 6.92 Å². The van der Waals surface area contributed by atoms with Crippen molar-refractivity contribution < 1.29 is 9.21 Å². The third-order valence-electron chi connectivity index (χ3n) is 3.27. The van der Waals surface area contributed by atoms with Gasteiger partial charge in [-0.15, -0.1) is 0 Å². The van der Waals surface area contributed by atoms with Crippen molar-refractivity contribution in [3.8, 4) is 0 Å². The van der Waals surface area contributed by atoms with E-state index in [9.17, 15) is 4.79 Å². The molecule has 0 radical (unpaired) electrons. The third-order valence-corrected chi connectivity index (χ3v) is 3.82. The molecule has 2 aromatic heterocycles. The number of halogens is 2. The number of hydrogen-bond donors (Lipinski definition) is 2. The molecule has 8 heteroatoms. The first kappa shape index (κ1) is 17.3. The highest BCUT2D eigenvalue weighted by Gasteiger charge is 2.13. The lowest BCUT2D eigenvalue weighted by molar-refractivity contribution is 0.102. The highest BCUT2D eigenvalue weighted by molar-refractivity contribution is 6.36. The van der Waals surface area contributed by atoms with E-state index in [1.54, 1.807) is 43.5 Å².